The lowest BCUT2D eigenvalue weighted by Gasteiger charge is -1.97. The summed E-state index contributed by atoms with van der Waals surface area (Å²) in [5.74, 6) is -0.0295. The van der Waals surface area contributed by atoms with Gasteiger partial charge in [0, 0.05) is 24.2 Å². The number of aryl methyl sites for hydroxylation is 2. The molecule has 4 heteroatoms. The zero-order valence-electron chi connectivity index (χ0n) is 11.3. The average molecular weight is 248 g/mol. The number of nitrogens with zero attached hydrogens (tertiary/aromatic N) is 2. The van der Waals surface area contributed by atoms with Gasteiger partial charge in [-0.3, -0.25) is 0 Å². The molecule has 1 aromatic rings. The van der Waals surface area contributed by atoms with Crippen LogP contribution in [0.2, 0.25) is 0 Å². The summed E-state index contributed by atoms with van der Waals surface area (Å²) in [5, 5.41) is 8.34. The van der Waals surface area contributed by atoms with Gasteiger partial charge < -0.3 is 9.67 Å². The van der Waals surface area contributed by atoms with Crippen LogP contribution in [-0.4, -0.2) is 20.6 Å². The minimum absolute atomic E-state index is 0.920. The summed E-state index contributed by atoms with van der Waals surface area (Å²) in [7, 11) is 0. The normalized spacial score (nSPS) is 11.1. The predicted octanol–water partition coefficient (Wildman–Crippen LogP) is 3.19. The molecule has 1 N–H and O–H groups in total. The molecule has 0 aliphatic carbocycles. The van der Waals surface area contributed by atoms with Gasteiger partial charge in [-0.05, 0) is 19.9 Å². The van der Waals surface area contributed by atoms with Gasteiger partial charge in [-0.1, -0.05) is 32.1 Å². The molecular formula is C14H20N2O2. The van der Waals surface area contributed by atoms with Crippen LogP contribution < -0.4 is 0 Å². The van der Waals surface area contributed by atoms with Gasteiger partial charge in [0.15, 0.2) is 0 Å². The van der Waals surface area contributed by atoms with E-state index in [9.17, 15) is 4.79 Å². The van der Waals surface area contributed by atoms with Gasteiger partial charge in [0.25, 0.3) is 0 Å². The van der Waals surface area contributed by atoms with Crippen molar-refractivity contribution >= 4 is 12.2 Å². The van der Waals surface area contributed by atoms with Crippen molar-refractivity contribution in [3.8, 4) is 0 Å². The standard InChI is InChI=1S/C12H14N2O2.C2H6/c1-10-9-13-11(2)14(10)8-6-4-3-5-7-12(15)16;1-2/h3-9H,1-2H3,(H,15,16);1-2H3/b4-3+,7-5-,8-6-;. The van der Waals surface area contributed by atoms with E-state index in [2.05, 4.69) is 4.98 Å². The highest BCUT2D eigenvalue weighted by atomic mass is 16.4. The first-order chi connectivity index (χ1) is 8.61. The van der Waals surface area contributed by atoms with Crippen LogP contribution in [-0.2, 0) is 4.79 Å². The third-order valence-corrected chi connectivity index (χ3v) is 1.97. The fourth-order valence-corrected chi connectivity index (χ4v) is 1.19. The first-order valence-corrected chi connectivity index (χ1v) is 5.86. The van der Waals surface area contributed by atoms with Crippen LogP contribution in [0.15, 0.2) is 36.6 Å². The first kappa shape index (κ1) is 15.9. The minimum atomic E-state index is -0.949. The van der Waals surface area contributed by atoms with Crippen molar-refractivity contribution in [3.63, 3.8) is 0 Å². The number of aromatic nitrogens is 2. The molecule has 4 nitrogen and oxygen atoms in total. The Bertz CT molecular complexity index is 435. The second kappa shape index (κ2) is 8.98. The maximum atomic E-state index is 10.2. The minimum Gasteiger partial charge on any atom is -0.478 e. The Balaban J connectivity index is 0.00000137. The second-order valence-corrected chi connectivity index (χ2v) is 3.24. The number of aliphatic carboxylic acids is 1. The van der Waals surface area contributed by atoms with Crippen LogP contribution in [0.3, 0.4) is 0 Å². The van der Waals surface area contributed by atoms with Gasteiger partial charge in [0.1, 0.15) is 5.82 Å². The monoisotopic (exact) mass is 248 g/mol. The van der Waals surface area contributed by atoms with Crippen LogP contribution >= 0.6 is 0 Å². The van der Waals surface area contributed by atoms with E-state index in [0.29, 0.717) is 0 Å². The Morgan fingerprint density at radius 3 is 2.33 bits per heavy atom. The molecule has 0 aliphatic heterocycles. The summed E-state index contributed by atoms with van der Waals surface area (Å²) in [6, 6.07) is 0. The van der Waals surface area contributed by atoms with Gasteiger partial charge in [-0.25, -0.2) is 9.78 Å². The van der Waals surface area contributed by atoms with Gasteiger partial charge >= 0.3 is 5.97 Å². The van der Waals surface area contributed by atoms with E-state index in [0.717, 1.165) is 17.6 Å². The summed E-state index contributed by atoms with van der Waals surface area (Å²) >= 11 is 0. The molecular weight excluding hydrogens is 228 g/mol. The highest BCUT2D eigenvalue weighted by Crippen LogP contribution is 2.03. The van der Waals surface area contributed by atoms with E-state index in [4.69, 9.17) is 5.11 Å². The summed E-state index contributed by atoms with van der Waals surface area (Å²) in [6.07, 6.45) is 11.5. The predicted molar refractivity (Wildman–Crippen MR) is 74.3 cm³/mol. The molecule has 0 amide bonds. The van der Waals surface area contributed by atoms with E-state index < -0.39 is 5.97 Å². The lowest BCUT2D eigenvalue weighted by atomic mass is 10.4. The molecule has 98 valence electrons. The Kier molecular flexibility index (Phi) is 7.94. The lowest BCUT2D eigenvalue weighted by molar-refractivity contribution is -0.131. The second-order valence-electron chi connectivity index (χ2n) is 3.24. The molecule has 0 saturated heterocycles. The number of carboxylic acid groups (broad SMARTS) is 1. The molecule has 1 heterocycles. The molecule has 18 heavy (non-hydrogen) atoms. The van der Waals surface area contributed by atoms with E-state index >= 15 is 0 Å². The van der Waals surface area contributed by atoms with Crippen molar-refractivity contribution in [2.24, 2.45) is 0 Å². The molecule has 0 bridgehead atoms. The zero-order valence-corrected chi connectivity index (χ0v) is 11.3. The lowest BCUT2D eigenvalue weighted by Crippen LogP contribution is -1.91. The van der Waals surface area contributed by atoms with E-state index in [1.807, 2.05) is 44.5 Å². The number of imidazole rings is 1. The van der Waals surface area contributed by atoms with Crippen molar-refractivity contribution in [2.75, 3.05) is 0 Å². The zero-order chi connectivity index (χ0) is 14.0. The van der Waals surface area contributed by atoms with Crippen LogP contribution in [0.5, 0.6) is 0 Å². The topological polar surface area (TPSA) is 55.1 Å². The van der Waals surface area contributed by atoms with Crippen LogP contribution in [0.25, 0.3) is 6.20 Å². The fourth-order valence-electron chi connectivity index (χ4n) is 1.19. The van der Waals surface area contributed by atoms with Crippen molar-refractivity contribution in [2.45, 2.75) is 27.7 Å². The Morgan fingerprint density at radius 2 is 1.83 bits per heavy atom. The number of hydrogen-bond donors (Lipinski definition) is 1. The number of rotatable bonds is 4. The van der Waals surface area contributed by atoms with Crippen molar-refractivity contribution < 1.29 is 9.90 Å². The molecule has 0 spiro atoms. The smallest absolute Gasteiger partial charge is 0.328 e. The van der Waals surface area contributed by atoms with Crippen LogP contribution in [0.1, 0.15) is 25.4 Å². The Labute approximate surface area is 108 Å². The average Bonchev–Trinajstić information content (AvgIpc) is 2.66. The molecule has 1 rings (SSSR count). The largest absolute Gasteiger partial charge is 0.478 e. The quantitative estimate of drug-likeness (QED) is 0.657. The molecule has 1 aromatic heterocycles. The Hall–Kier alpha value is -2.10. The summed E-state index contributed by atoms with van der Waals surface area (Å²) in [6.45, 7) is 7.89. The number of hydrogen-bond acceptors (Lipinski definition) is 2. The molecule has 0 aliphatic rings. The number of carboxylic acids is 1. The van der Waals surface area contributed by atoms with Crippen molar-refractivity contribution in [1.82, 2.24) is 9.55 Å². The summed E-state index contributed by atoms with van der Waals surface area (Å²) in [4.78, 5) is 14.3. The van der Waals surface area contributed by atoms with Crippen molar-refractivity contribution in [1.29, 1.82) is 0 Å². The summed E-state index contributed by atoms with van der Waals surface area (Å²) in [5.41, 5.74) is 1.06. The SMILES string of the molecule is CC.Cc1cnc(C)n1\C=C/C=C/C=C\C(=O)O. The van der Waals surface area contributed by atoms with Gasteiger partial charge in [0.2, 0.25) is 0 Å². The van der Waals surface area contributed by atoms with E-state index in [-0.39, 0.29) is 0 Å². The third kappa shape index (κ3) is 5.84. The molecule has 0 unspecified atom stereocenters. The molecule has 0 fully saturated rings. The van der Waals surface area contributed by atoms with Gasteiger partial charge in [-0.15, -0.1) is 0 Å². The number of allylic oxidation sites excluding steroid dienone is 4. The summed E-state index contributed by atoms with van der Waals surface area (Å²) < 4.78 is 1.95. The van der Waals surface area contributed by atoms with Gasteiger partial charge in [-0.2, -0.15) is 0 Å². The van der Waals surface area contributed by atoms with E-state index in [1.54, 1.807) is 18.3 Å². The molecule has 0 radical (unpaired) electrons. The molecule has 0 aromatic carbocycles. The van der Waals surface area contributed by atoms with Crippen LogP contribution in [0, 0.1) is 13.8 Å². The van der Waals surface area contributed by atoms with Crippen LogP contribution in [0.4, 0.5) is 0 Å². The Morgan fingerprint density at radius 1 is 1.22 bits per heavy atom. The molecule has 0 saturated carbocycles. The van der Waals surface area contributed by atoms with E-state index in [1.165, 1.54) is 6.08 Å². The number of carbonyl (C=O) groups is 1. The van der Waals surface area contributed by atoms with Gasteiger partial charge in [0.05, 0.1) is 0 Å². The highest BCUT2D eigenvalue weighted by Gasteiger charge is 1.96. The molecule has 0 atom stereocenters. The van der Waals surface area contributed by atoms with Crippen molar-refractivity contribution in [3.05, 3.63) is 48.1 Å². The fraction of sp³-hybridized carbons (Fsp3) is 0.286. The maximum Gasteiger partial charge on any atom is 0.328 e. The third-order valence-electron chi connectivity index (χ3n) is 1.97. The highest BCUT2D eigenvalue weighted by molar-refractivity contribution is 5.80. The maximum absolute atomic E-state index is 10.2. The first-order valence-electron chi connectivity index (χ1n) is 5.86.